The summed E-state index contributed by atoms with van der Waals surface area (Å²) in [6.45, 7) is 8.02. The zero-order valence-corrected chi connectivity index (χ0v) is 13.3. The number of nitrogens with two attached hydrogens (primary N) is 1. The maximum absolute atomic E-state index is 6.25. The van der Waals surface area contributed by atoms with E-state index in [1.54, 1.807) is 0 Å². The quantitative estimate of drug-likeness (QED) is 0.861. The van der Waals surface area contributed by atoms with Gasteiger partial charge in [-0.3, -0.25) is 0 Å². The van der Waals surface area contributed by atoms with E-state index in [1.807, 2.05) is 26.1 Å². The number of anilines is 1. The van der Waals surface area contributed by atoms with Crippen LogP contribution in [0.25, 0.3) is 11.0 Å². The normalized spacial score (nSPS) is 40.1. The van der Waals surface area contributed by atoms with Crippen LogP contribution in [0.3, 0.4) is 0 Å². The predicted octanol–water partition coefficient (Wildman–Crippen LogP) is 2.28. The van der Waals surface area contributed by atoms with Gasteiger partial charge in [0.05, 0.1) is 17.5 Å². The molecule has 0 radical (unpaired) electrons. The molecule has 6 nitrogen and oxygen atoms in total. The summed E-state index contributed by atoms with van der Waals surface area (Å²) >= 11 is 0. The Morgan fingerprint density at radius 2 is 2.22 bits per heavy atom. The summed E-state index contributed by atoms with van der Waals surface area (Å²) in [6.07, 6.45) is 6.78. The zero-order valence-electron chi connectivity index (χ0n) is 13.3. The standard InChI is InChI=1S/C17H20N4O2/c1-4-17-7-10(17)11(12-13(17)23-16(2,3)22-12)21-6-5-9-14(18)19-8-20-15(9)21/h4-6,8,10-13H,1,7H2,2-3H3,(H2,18,19,20)/t10?,11-,12+,13+,17-/m1/s1. The number of rotatable bonds is 2. The molecule has 3 heterocycles. The summed E-state index contributed by atoms with van der Waals surface area (Å²) in [5.74, 6) is 0.421. The minimum atomic E-state index is -0.561. The van der Waals surface area contributed by atoms with Gasteiger partial charge in [0, 0.05) is 11.6 Å². The molecule has 120 valence electrons. The van der Waals surface area contributed by atoms with Gasteiger partial charge in [0.15, 0.2) is 5.79 Å². The van der Waals surface area contributed by atoms with E-state index in [-0.39, 0.29) is 23.7 Å². The van der Waals surface area contributed by atoms with E-state index in [0.29, 0.717) is 11.7 Å². The number of fused-ring (bicyclic) bond motifs is 4. The minimum absolute atomic E-state index is 0.00791. The van der Waals surface area contributed by atoms with Crippen LogP contribution >= 0.6 is 0 Å². The van der Waals surface area contributed by atoms with Crippen LogP contribution in [0.5, 0.6) is 0 Å². The highest BCUT2D eigenvalue weighted by Crippen LogP contribution is 2.72. The van der Waals surface area contributed by atoms with E-state index >= 15 is 0 Å². The monoisotopic (exact) mass is 312 g/mol. The number of hydrogen-bond donors (Lipinski definition) is 1. The first-order valence-corrected chi connectivity index (χ1v) is 8.03. The van der Waals surface area contributed by atoms with Crippen molar-refractivity contribution in [2.75, 3.05) is 5.73 Å². The molecule has 6 heteroatoms. The Bertz CT molecular complexity index is 829. The van der Waals surface area contributed by atoms with Crippen molar-refractivity contribution in [3.8, 4) is 0 Å². The van der Waals surface area contributed by atoms with Crippen molar-refractivity contribution in [2.24, 2.45) is 11.3 Å². The van der Waals surface area contributed by atoms with Crippen molar-refractivity contribution in [1.82, 2.24) is 14.5 Å². The first-order valence-electron chi connectivity index (χ1n) is 8.03. The molecule has 23 heavy (non-hydrogen) atoms. The van der Waals surface area contributed by atoms with Gasteiger partial charge in [-0.25, -0.2) is 9.97 Å². The Labute approximate surface area is 134 Å². The summed E-state index contributed by atoms with van der Waals surface area (Å²) in [5, 5.41) is 0.888. The van der Waals surface area contributed by atoms with Crippen molar-refractivity contribution < 1.29 is 9.47 Å². The topological polar surface area (TPSA) is 75.2 Å². The van der Waals surface area contributed by atoms with Crippen LogP contribution in [0.2, 0.25) is 0 Å². The molecule has 2 saturated carbocycles. The maximum atomic E-state index is 6.25. The molecule has 5 atom stereocenters. The van der Waals surface area contributed by atoms with Crippen LogP contribution in [0.1, 0.15) is 26.3 Å². The third-order valence-corrected chi connectivity index (χ3v) is 5.75. The third kappa shape index (κ3) is 1.55. The van der Waals surface area contributed by atoms with Gasteiger partial charge < -0.3 is 19.8 Å². The molecule has 3 aliphatic rings. The van der Waals surface area contributed by atoms with Crippen LogP contribution in [0.15, 0.2) is 31.2 Å². The number of aromatic nitrogens is 3. The molecule has 1 unspecified atom stereocenters. The van der Waals surface area contributed by atoms with Gasteiger partial charge in [-0.1, -0.05) is 6.08 Å². The van der Waals surface area contributed by atoms with Crippen LogP contribution in [-0.2, 0) is 9.47 Å². The van der Waals surface area contributed by atoms with E-state index in [4.69, 9.17) is 15.2 Å². The highest BCUT2D eigenvalue weighted by molar-refractivity contribution is 5.86. The van der Waals surface area contributed by atoms with Gasteiger partial charge >= 0.3 is 0 Å². The lowest BCUT2D eigenvalue weighted by atomic mass is 10.00. The summed E-state index contributed by atoms with van der Waals surface area (Å²) in [7, 11) is 0. The fourth-order valence-electron chi connectivity index (χ4n) is 4.71. The first-order chi connectivity index (χ1) is 11.0. The third-order valence-electron chi connectivity index (χ3n) is 5.75. The second-order valence-corrected chi connectivity index (χ2v) is 7.36. The average Bonchev–Trinajstić information content (AvgIpc) is 2.78. The van der Waals surface area contributed by atoms with Crippen LogP contribution < -0.4 is 5.73 Å². The molecule has 1 aliphatic heterocycles. The maximum Gasteiger partial charge on any atom is 0.163 e. The first kappa shape index (κ1) is 13.5. The molecular formula is C17H20N4O2. The Kier molecular flexibility index (Phi) is 2.31. The lowest BCUT2D eigenvalue weighted by Crippen LogP contribution is -2.31. The summed E-state index contributed by atoms with van der Waals surface area (Å²) < 4.78 is 14.7. The highest BCUT2D eigenvalue weighted by atomic mass is 16.8. The molecule has 0 aromatic carbocycles. The molecule has 0 bridgehead atoms. The second-order valence-electron chi connectivity index (χ2n) is 7.36. The van der Waals surface area contributed by atoms with E-state index in [1.165, 1.54) is 6.33 Å². The Hall–Kier alpha value is -1.92. The number of hydrogen-bond acceptors (Lipinski definition) is 5. The number of nitrogen functional groups attached to an aromatic ring is 1. The van der Waals surface area contributed by atoms with Crippen molar-refractivity contribution >= 4 is 16.9 Å². The van der Waals surface area contributed by atoms with Crippen molar-refractivity contribution in [3.63, 3.8) is 0 Å². The molecule has 0 spiro atoms. The van der Waals surface area contributed by atoms with E-state index in [9.17, 15) is 0 Å². The van der Waals surface area contributed by atoms with E-state index in [2.05, 4.69) is 27.2 Å². The fourth-order valence-corrected chi connectivity index (χ4v) is 4.71. The summed E-state index contributed by atoms with van der Waals surface area (Å²) in [5.41, 5.74) is 6.87. The molecule has 1 saturated heterocycles. The van der Waals surface area contributed by atoms with Gasteiger partial charge in [0.25, 0.3) is 0 Å². The number of nitrogens with zero attached hydrogens (tertiary/aromatic N) is 3. The molecule has 3 fully saturated rings. The van der Waals surface area contributed by atoms with Gasteiger partial charge in [0.2, 0.25) is 0 Å². The molecule has 2 N–H and O–H groups in total. The van der Waals surface area contributed by atoms with Crippen molar-refractivity contribution in [2.45, 2.75) is 44.3 Å². The van der Waals surface area contributed by atoms with Gasteiger partial charge in [0.1, 0.15) is 23.9 Å². The molecule has 2 aliphatic carbocycles. The molecule has 2 aromatic heterocycles. The Morgan fingerprint density at radius 1 is 1.39 bits per heavy atom. The summed E-state index contributed by atoms with van der Waals surface area (Å²) in [6, 6.07) is 2.17. The van der Waals surface area contributed by atoms with E-state index < -0.39 is 5.79 Å². The van der Waals surface area contributed by atoms with Gasteiger partial charge in [-0.15, -0.1) is 6.58 Å². The lowest BCUT2D eigenvalue weighted by molar-refractivity contribution is -0.159. The van der Waals surface area contributed by atoms with Gasteiger partial charge in [-0.2, -0.15) is 0 Å². The van der Waals surface area contributed by atoms with Crippen molar-refractivity contribution in [1.29, 1.82) is 0 Å². The van der Waals surface area contributed by atoms with Gasteiger partial charge in [-0.05, 0) is 32.3 Å². The van der Waals surface area contributed by atoms with Crippen LogP contribution in [0.4, 0.5) is 5.82 Å². The van der Waals surface area contributed by atoms with Crippen molar-refractivity contribution in [3.05, 3.63) is 31.2 Å². The molecular weight excluding hydrogens is 292 g/mol. The molecule has 0 amide bonds. The second kappa shape index (κ2) is 3.94. The Morgan fingerprint density at radius 3 is 3.00 bits per heavy atom. The van der Waals surface area contributed by atoms with Crippen LogP contribution in [0, 0.1) is 11.3 Å². The van der Waals surface area contributed by atoms with Crippen LogP contribution in [-0.4, -0.2) is 32.5 Å². The zero-order chi connectivity index (χ0) is 16.0. The largest absolute Gasteiger partial charge is 0.383 e. The van der Waals surface area contributed by atoms with E-state index in [0.717, 1.165) is 17.5 Å². The Balaban J connectivity index is 1.65. The lowest BCUT2D eigenvalue weighted by Gasteiger charge is -2.24. The SMILES string of the molecule is C=C[C@@]12CC1[C@@H](n1ccc3c(N)ncnc31)[C@@H]1OC(C)(C)O[C@@H]12. The smallest absolute Gasteiger partial charge is 0.163 e. The average molecular weight is 312 g/mol. The highest BCUT2D eigenvalue weighted by Gasteiger charge is 2.74. The molecule has 5 rings (SSSR count). The predicted molar refractivity (Wildman–Crippen MR) is 85.5 cm³/mol. The fraction of sp³-hybridized carbons (Fsp3) is 0.529. The minimum Gasteiger partial charge on any atom is -0.383 e. The number of ether oxygens (including phenoxy) is 2. The summed E-state index contributed by atoms with van der Waals surface area (Å²) in [4.78, 5) is 8.53. The molecule has 2 aromatic rings.